The lowest BCUT2D eigenvalue weighted by Gasteiger charge is -2.29. The van der Waals surface area contributed by atoms with Crippen LogP contribution in [0.1, 0.15) is 18.1 Å². The molecule has 1 aromatic rings. The number of hydrogen-bond acceptors (Lipinski definition) is 5. The molecule has 1 unspecified atom stereocenters. The van der Waals surface area contributed by atoms with Gasteiger partial charge in [0.05, 0.1) is 11.9 Å². The molecule has 2 aliphatic heterocycles. The van der Waals surface area contributed by atoms with E-state index in [9.17, 15) is 9.90 Å². The molecule has 122 valence electrons. The van der Waals surface area contributed by atoms with E-state index in [1.165, 1.54) is 17.3 Å². The second kappa shape index (κ2) is 7.49. The zero-order valence-corrected chi connectivity index (χ0v) is 14.1. The van der Waals surface area contributed by atoms with Gasteiger partial charge in [-0.25, -0.2) is 5.43 Å². The third-order valence-electron chi connectivity index (χ3n) is 3.89. The fourth-order valence-corrected chi connectivity index (χ4v) is 3.71. The molecule has 1 atom stereocenters. The number of aliphatic hydroxyl groups excluding tert-OH is 1. The second-order valence-electron chi connectivity index (χ2n) is 5.52. The van der Waals surface area contributed by atoms with Crippen LogP contribution in [0.15, 0.2) is 41.0 Å². The minimum absolute atomic E-state index is 0.0559. The molecular weight excluding hydrogens is 334 g/mol. The maximum Gasteiger partial charge on any atom is 0.250 e. The highest BCUT2D eigenvalue weighted by Gasteiger charge is 2.22. The van der Waals surface area contributed by atoms with Gasteiger partial charge < -0.3 is 5.11 Å². The number of hydrazone groups is 1. The average Bonchev–Trinajstić information content (AvgIpc) is 2.57. The van der Waals surface area contributed by atoms with Crippen molar-refractivity contribution in [1.29, 1.82) is 0 Å². The van der Waals surface area contributed by atoms with Gasteiger partial charge in [-0.2, -0.15) is 5.10 Å². The number of thioether (sulfide) groups is 1. The highest BCUT2D eigenvalue weighted by atomic mass is 35.5. The molecule has 2 aliphatic rings. The van der Waals surface area contributed by atoms with E-state index in [4.69, 9.17) is 11.6 Å². The van der Waals surface area contributed by atoms with Crippen molar-refractivity contribution in [1.82, 2.24) is 10.3 Å². The van der Waals surface area contributed by atoms with E-state index in [2.05, 4.69) is 21.5 Å². The summed E-state index contributed by atoms with van der Waals surface area (Å²) in [6.45, 7) is 2.15. The van der Waals surface area contributed by atoms with Gasteiger partial charge in [0.2, 0.25) is 0 Å². The Labute approximate surface area is 144 Å². The lowest BCUT2D eigenvalue weighted by molar-refractivity contribution is -0.118. The normalized spacial score (nSPS) is 20.5. The van der Waals surface area contributed by atoms with E-state index in [1.807, 2.05) is 18.2 Å². The summed E-state index contributed by atoms with van der Waals surface area (Å²) in [6.07, 6.45) is 2.38. The lowest BCUT2D eigenvalue weighted by atomic mass is 10.1. The Morgan fingerprint density at radius 1 is 1.43 bits per heavy atom. The summed E-state index contributed by atoms with van der Waals surface area (Å²) in [5.41, 5.74) is 4.45. The monoisotopic (exact) mass is 351 g/mol. The fourth-order valence-electron chi connectivity index (χ4n) is 2.64. The molecular formula is C16H18ClN3O2S. The molecule has 0 bridgehead atoms. The van der Waals surface area contributed by atoms with Crippen LogP contribution in [0.25, 0.3) is 0 Å². The molecule has 0 aliphatic carbocycles. The molecule has 0 saturated heterocycles. The van der Waals surface area contributed by atoms with Crippen LogP contribution in [0.2, 0.25) is 5.02 Å². The van der Waals surface area contributed by atoms with Crippen LogP contribution in [-0.2, 0) is 4.79 Å². The fraction of sp³-hybridized carbons (Fsp3) is 0.375. The summed E-state index contributed by atoms with van der Waals surface area (Å²) in [5.74, 6) is 0.366. The van der Waals surface area contributed by atoms with E-state index < -0.39 is 6.10 Å². The second-order valence-corrected chi connectivity index (χ2v) is 6.89. The van der Waals surface area contributed by atoms with Crippen molar-refractivity contribution in [2.75, 3.05) is 25.4 Å². The van der Waals surface area contributed by atoms with Gasteiger partial charge >= 0.3 is 0 Å². The van der Waals surface area contributed by atoms with Gasteiger partial charge in [-0.1, -0.05) is 47.6 Å². The van der Waals surface area contributed by atoms with Crippen molar-refractivity contribution >= 4 is 34.3 Å². The number of β-amino-alcohol motifs (C(OH)–C–C–N with tert-alkyl or cyclic N) is 1. The summed E-state index contributed by atoms with van der Waals surface area (Å²) in [6, 6.07) is 7.39. The first-order chi connectivity index (χ1) is 11.1. The first-order valence-electron chi connectivity index (χ1n) is 7.47. The molecule has 7 heteroatoms. The minimum atomic E-state index is -0.598. The largest absolute Gasteiger partial charge is 0.387 e. The number of carbonyl (C=O) groups excluding carboxylic acids is 1. The first kappa shape index (κ1) is 16.5. The molecule has 5 nitrogen and oxygen atoms in total. The molecule has 0 radical (unpaired) electrons. The van der Waals surface area contributed by atoms with Crippen LogP contribution in [0.3, 0.4) is 0 Å². The molecule has 2 N–H and O–H groups in total. The molecule has 3 rings (SSSR count). The Balaban J connectivity index is 1.58. The molecule has 23 heavy (non-hydrogen) atoms. The van der Waals surface area contributed by atoms with Gasteiger partial charge in [-0.05, 0) is 18.1 Å². The number of rotatable bonds is 4. The summed E-state index contributed by atoms with van der Waals surface area (Å²) >= 11 is 7.61. The average molecular weight is 352 g/mol. The number of carbonyl (C=O) groups is 1. The molecule has 0 aromatic heterocycles. The third kappa shape index (κ3) is 4.14. The summed E-state index contributed by atoms with van der Waals surface area (Å²) in [4.78, 5) is 13.3. The van der Waals surface area contributed by atoms with Crippen LogP contribution < -0.4 is 5.43 Å². The molecule has 1 amide bonds. The Hall–Kier alpha value is -1.34. The first-order valence-corrected chi connectivity index (χ1v) is 8.83. The van der Waals surface area contributed by atoms with E-state index in [0.717, 1.165) is 30.1 Å². The number of benzene rings is 1. The van der Waals surface area contributed by atoms with Crippen LogP contribution >= 0.6 is 23.4 Å². The summed E-state index contributed by atoms with van der Waals surface area (Å²) < 4.78 is 0. The number of nitrogens with one attached hydrogen (secondary N) is 1. The van der Waals surface area contributed by atoms with Gasteiger partial charge in [0.15, 0.2) is 0 Å². The number of aliphatic hydroxyl groups is 1. The van der Waals surface area contributed by atoms with Gasteiger partial charge in [0.1, 0.15) is 5.04 Å². The smallest absolute Gasteiger partial charge is 0.250 e. The van der Waals surface area contributed by atoms with E-state index in [0.29, 0.717) is 17.3 Å². The Kier molecular flexibility index (Phi) is 5.38. The zero-order valence-electron chi connectivity index (χ0n) is 12.5. The van der Waals surface area contributed by atoms with Crippen molar-refractivity contribution in [3.05, 3.63) is 46.5 Å². The maximum absolute atomic E-state index is 11.1. The highest BCUT2D eigenvalue weighted by Crippen LogP contribution is 2.25. The van der Waals surface area contributed by atoms with Crippen LogP contribution in [-0.4, -0.2) is 46.3 Å². The minimum Gasteiger partial charge on any atom is -0.387 e. The van der Waals surface area contributed by atoms with E-state index in [-0.39, 0.29) is 5.91 Å². The van der Waals surface area contributed by atoms with Crippen LogP contribution in [0, 0.1) is 0 Å². The maximum atomic E-state index is 11.1. The van der Waals surface area contributed by atoms with Crippen molar-refractivity contribution in [2.24, 2.45) is 5.10 Å². The van der Waals surface area contributed by atoms with Gasteiger partial charge in [-0.15, -0.1) is 0 Å². The number of halogens is 1. The van der Waals surface area contributed by atoms with E-state index in [1.54, 1.807) is 6.07 Å². The predicted octanol–water partition coefficient (Wildman–Crippen LogP) is 2.18. The molecule has 0 fully saturated rings. The topological polar surface area (TPSA) is 64.9 Å². The highest BCUT2D eigenvalue weighted by molar-refractivity contribution is 8.15. The van der Waals surface area contributed by atoms with Crippen LogP contribution in [0.4, 0.5) is 0 Å². The molecule has 1 aromatic carbocycles. The number of hydrogen-bond donors (Lipinski definition) is 2. The van der Waals surface area contributed by atoms with Crippen molar-refractivity contribution in [3.8, 4) is 0 Å². The summed E-state index contributed by atoms with van der Waals surface area (Å²) in [7, 11) is 0. The Morgan fingerprint density at radius 2 is 2.26 bits per heavy atom. The van der Waals surface area contributed by atoms with E-state index >= 15 is 0 Å². The van der Waals surface area contributed by atoms with Gasteiger partial charge in [-0.3, -0.25) is 9.69 Å². The zero-order chi connectivity index (χ0) is 16.2. The molecule has 2 heterocycles. The SMILES string of the molecule is O=C1CSC(C2=CCN(CC(O)c3ccccc3Cl)CC2)=NN1. The predicted molar refractivity (Wildman–Crippen MR) is 93.6 cm³/mol. The van der Waals surface area contributed by atoms with Gasteiger partial charge in [0, 0.05) is 30.2 Å². The lowest BCUT2D eigenvalue weighted by Crippen LogP contribution is -2.35. The molecule has 0 spiro atoms. The molecule has 0 saturated carbocycles. The van der Waals surface area contributed by atoms with Crippen molar-refractivity contribution < 1.29 is 9.90 Å². The third-order valence-corrected chi connectivity index (χ3v) is 5.26. The number of nitrogens with zero attached hydrogens (tertiary/aromatic N) is 2. The summed E-state index contributed by atoms with van der Waals surface area (Å²) in [5, 5.41) is 16.0. The number of amides is 1. The van der Waals surface area contributed by atoms with Gasteiger partial charge in [0.25, 0.3) is 5.91 Å². The van der Waals surface area contributed by atoms with Crippen LogP contribution in [0.5, 0.6) is 0 Å². The quantitative estimate of drug-likeness (QED) is 0.872. The van der Waals surface area contributed by atoms with Crippen molar-refractivity contribution in [2.45, 2.75) is 12.5 Å². The standard InChI is InChI=1S/C16H18ClN3O2S/c17-13-4-2-1-3-12(13)14(21)9-20-7-5-11(6-8-20)16-19-18-15(22)10-23-16/h1-5,14,21H,6-10H2,(H,18,22). The Bertz CT molecular complexity index is 662. The van der Waals surface area contributed by atoms with Crippen molar-refractivity contribution in [3.63, 3.8) is 0 Å². The Morgan fingerprint density at radius 3 is 2.91 bits per heavy atom.